The van der Waals surface area contributed by atoms with Gasteiger partial charge in [-0.05, 0) is 51.3 Å². The Kier molecular flexibility index (Phi) is 4.35. The Labute approximate surface area is 113 Å². The van der Waals surface area contributed by atoms with Gasteiger partial charge in [0.15, 0.2) is 5.92 Å². The molecule has 0 spiro atoms. The quantitative estimate of drug-likeness (QED) is 0.671. The van der Waals surface area contributed by atoms with E-state index < -0.39 is 23.4 Å². The van der Waals surface area contributed by atoms with E-state index in [1.165, 1.54) is 0 Å². The maximum absolute atomic E-state index is 12.1. The van der Waals surface area contributed by atoms with E-state index >= 15 is 0 Å². The summed E-state index contributed by atoms with van der Waals surface area (Å²) in [6.07, 6.45) is 0. The molecular weight excluding hydrogens is 242 g/mol. The van der Waals surface area contributed by atoms with Crippen molar-refractivity contribution in [3.8, 4) is 0 Å². The largest absolute Gasteiger partial charge is 0.459 e. The molecule has 0 aromatic heterocycles. The molecule has 1 unspecified atom stereocenters. The fourth-order valence-corrected chi connectivity index (χ4v) is 1.72. The van der Waals surface area contributed by atoms with Gasteiger partial charge in [-0.25, -0.2) is 0 Å². The second kappa shape index (κ2) is 5.43. The normalized spacial score (nSPS) is 12.9. The van der Waals surface area contributed by atoms with Crippen LogP contribution in [0.25, 0.3) is 0 Å². The van der Waals surface area contributed by atoms with Crippen LogP contribution in [0.3, 0.4) is 0 Å². The third kappa shape index (κ3) is 4.09. The zero-order chi connectivity index (χ0) is 14.8. The zero-order valence-corrected chi connectivity index (χ0v) is 12.1. The fourth-order valence-electron chi connectivity index (χ4n) is 1.72. The number of hydrogen-bond donors (Lipinski definition) is 1. The number of esters is 1. The van der Waals surface area contributed by atoms with E-state index in [1.54, 1.807) is 32.9 Å². The van der Waals surface area contributed by atoms with Crippen molar-refractivity contribution in [3.63, 3.8) is 0 Å². The molecule has 104 valence electrons. The summed E-state index contributed by atoms with van der Waals surface area (Å²) in [5, 5.41) is 0. The van der Waals surface area contributed by atoms with Gasteiger partial charge >= 0.3 is 5.97 Å². The van der Waals surface area contributed by atoms with Crippen LogP contribution in [-0.4, -0.2) is 17.5 Å². The minimum Gasteiger partial charge on any atom is -0.459 e. The van der Waals surface area contributed by atoms with E-state index in [1.807, 2.05) is 19.9 Å². The molecule has 0 aliphatic heterocycles. The summed E-state index contributed by atoms with van der Waals surface area (Å²) >= 11 is 0. The van der Waals surface area contributed by atoms with Crippen LogP contribution in [0.15, 0.2) is 18.2 Å². The standard InChI is InChI=1S/C15H21NO3/c1-9-6-7-11(8-10(9)2)12(13(16)17)14(18)19-15(3,4)5/h6-8,12H,1-5H3,(H2,16,17). The molecule has 0 aliphatic rings. The molecule has 0 saturated carbocycles. The molecule has 1 atom stereocenters. The van der Waals surface area contributed by atoms with Crippen LogP contribution in [-0.2, 0) is 14.3 Å². The zero-order valence-electron chi connectivity index (χ0n) is 12.1. The van der Waals surface area contributed by atoms with E-state index in [0.29, 0.717) is 5.56 Å². The molecule has 0 bridgehead atoms. The first-order valence-electron chi connectivity index (χ1n) is 6.21. The molecule has 4 heteroatoms. The van der Waals surface area contributed by atoms with Gasteiger partial charge < -0.3 is 10.5 Å². The molecule has 0 saturated heterocycles. The number of aryl methyl sites for hydroxylation is 2. The van der Waals surface area contributed by atoms with Gasteiger partial charge in [-0.2, -0.15) is 0 Å². The van der Waals surface area contributed by atoms with E-state index in [-0.39, 0.29) is 0 Å². The van der Waals surface area contributed by atoms with Gasteiger partial charge in [0.2, 0.25) is 5.91 Å². The highest BCUT2D eigenvalue weighted by molar-refractivity contribution is 6.02. The lowest BCUT2D eigenvalue weighted by atomic mass is 9.95. The third-order valence-electron chi connectivity index (χ3n) is 2.79. The van der Waals surface area contributed by atoms with Crippen molar-refractivity contribution in [2.45, 2.75) is 46.1 Å². The van der Waals surface area contributed by atoms with Crippen LogP contribution in [0.1, 0.15) is 43.4 Å². The van der Waals surface area contributed by atoms with Crippen molar-refractivity contribution < 1.29 is 14.3 Å². The number of primary amides is 1. The molecule has 4 nitrogen and oxygen atoms in total. The van der Waals surface area contributed by atoms with Gasteiger partial charge in [0.05, 0.1) is 0 Å². The maximum Gasteiger partial charge on any atom is 0.323 e. The average molecular weight is 263 g/mol. The molecular formula is C15H21NO3. The number of nitrogens with two attached hydrogens (primary N) is 1. The van der Waals surface area contributed by atoms with Crippen LogP contribution >= 0.6 is 0 Å². The highest BCUT2D eigenvalue weighted by Crippen LogP contribution is 2.22. The minimum atomic E-state index is -1.06. The molecule has 0 fully saturated rings. The third-order valence-corrected chi connectivity index (χ3v) is 2.79. The number of hydrogen-bond acceptors (Lipinski definition) is 3. The van der Waals surface area contributed by atoms with Crippen molar-refractivity contribution in [1.82, 2.24) is 0 Å². The molecule has 1 aromatic carbocycles. The van der Waals surface area contributed by atoms with Gasteiger partial charge in [0.25, 0.3) is 0 Å². The number of ether oxygens (including phenoxy) is 1. The summed E-state index contributed by atoms with van der Waals surface area (Å²) in [4.78, 5) is 23.6. The Morgan fingerprint density at radius 1 is 1.16 bits per heavy atom. The second-order valence-electron chi connectivity index (χ2n) is 5.71. The Morgan fingerprint density at radius 3 is 2.16 bits per heavy atom. The summed E-state index contributed by atoms with van der Waals surface area (Å²) in [6.45, 7) is 9.15. The van der Waals surface area contributed by atoms with Gasteiger partial charge in [0, 0.05) is 0 Å². The van der Waals surface area contributed by atoms with Crippen LogP contribution in [0.5, 0.6) is 0 Å². The van der Waals surface area contributed by atoms with Crippen molar-refractivity contribution >= 4 is 11.9 Å². The van der Waals surface area contributed by atoms with Gasteiger partial charge in [-0.15, -0.1) is 0 Å². The second-order valence-corrected chi connectivity index (χ2v) is 5.71. The van der Waals surface area contributed by atoms with Crippen molar-refractivity contribution in [2.75, 3.05) is 0 Å². The first kappa shape index (κ1) is 15.2. The summed E-state index contributed by atoms with van der Waals surface area (Å²) in [6, 6.07) is 5.40. The summed E-state index contributed by atoms with van der Waals surface area (Å²) in [7, 11) is 0. The molecule has 2 N–H and O–H groups in total. The molecule has 1 aromatic rings. The predicted octanol–water partition coefficient (Wildman–Crippen LogP) is 2.21. The van der Waals surface area contributed by atoms with Crippen molar-refractivity contribution in [3.05, 3.63) is 34.9 Å². The number of carbonyl (C=O) groups excluding carboxylic acids is 2. The number of carbonyl (C=O) groups is 2. The lowest BCUT2D eigenvalue weighted by molar-refractivity contribution is -0.158. The first-order valence-corrected chi connectivity index (χ1v) is 6.21. The van der Waals surface area contributed by atoms with E-state index in [0.717, 1.165) is 11.1 Å². The lowest BCUT2D eigenvalue weighted by Crippen LogP contribution is -2.34. The fraction of sp³-hybridized carbons (Fsp3) is 0.467. The minimum absolute atomic E-state index is 0.574. The monoisotopic (exact) mass is 263 g/mol. The molecule has 19 heavy (non-hydrogen) atoms. The van der Waals surface area contributed by atoms with Crippen LogP contribution in [0.2, 0.25) is 0 Å². The highest BCUT2D eigenvalue weighted by Gasteiger charge is 2.31. The predicted molar refractivity (Wildman–Crippen MR) is 73.7 cm³/mol. The molecule has 0 radical (unpaired) electrons. The maximum atomic E-state index is 12.1. The Morgan fingerprint density at radius 2 is 1.74 bits per heavy atom. The lowest BCUT2D eigenvalue weighted by Gasteiger charge is -2.23. The summed E-state index contributed by atoms with van der Waals surface area (Å²) in [5.41, 5.74) is 7.36. The van der Waals surface area contributed by atoms with E-state index in [9.17, 15) is 9.59 Å². The topological polar surface area (TPSA) is 69.4 Å². The Bertz CT molecular complexity index is 501. The van der Waals surface area contributed by atoms with Crippen molar-refractivity contribution in [2.24, 2.45) is 5.73 Å². The molecule has 0 aliphatic carbocycles. The molecule has 1 rings (SSSR count). The van der Waals surface area contributed by atoms with E-state index in [4.69, 9.17) is 10.5 Å². The average Bonchev–Trinajstić information content (AvgIpc) is 2.20. The van der Waals surface area contributed by atoms with Crippen LogP contribution < -0.4 is 5.73 Å². The Hall–Kier alpha value is -1.84. The summed E-state index contributed by atoms with van der Waals surface area (Å²) < 4.78 is 5.25. The van der Waals surface area contributed by atoms with Gasteiger partial charge in [-0.3, -0.25) is 9.59 Å². The molecule has 1 amide bonds. The Balaban J connectivity index is 3.10. The first-order chi connectivity index (χ1) is 8.61. The van der Waals surface area contributed by atoms with E-state index in [2.05, 4.69) is 0 Å². The summed E-state index contributed by atoms with van der Waals surface area (Å²) in [5.74, 6) is -2.36. The van der Waals surface area contributed by atoms with Crippen LogP contribution in [0.4, 0.5) is 0 Å². The number of amides is 1. The smallest absolute Gasteiger partial charge is 0.323 e. The van der Waals surface area contributed by atoms with Crippen molar-refractivity contribution in [1.29, 1.82) is 0 Å². The van der Waals surface area contributed by atoms with Crippen LogP contribution in [0, 0.1) is 13.8 Å². The van der Waals surface area contributed by atoms with Gasteiger partial charge in [0.1, 0.15) is 5.60 Å². The highest BCUT2D eigenvalue weighted by atomic mass is 16.6. The SMILES string of the molecule is Cc1ccc(C(C(N)=O)C(=O)OC(C)(C)C)cc1C. The molecule has 0 heterocycles. The van der Waals surface area contributed by atoms with Gasteiger partial charge in [-0.1, -0.05) is 18.2 Å². The number of rotatable bonds is 3. The number of benzene rings is 1.